The normalized spacial score (nSPS) is 11.0. The Morgan fingerprint density at radius 1 is 1.21 bits per heavy atom. The Morgan fingerprint density at radius 2 is 1.75 bits per heavy atom. The van der Waals surface area contributed by atoms with E-state index in [1.54, 1.807) is 38.8 Å². The molecule has 0 radical (unpaired) electrons. The Kier molecular flexibility index (Phi) is 19.1. The standard InChI is InChI=1S/C13H24N2O5S.CH4S.HI/c1-13(2,3)20-12(18)15-9(6-7-21-5)11(17)14-8-10(16)19-4;1-2;/h9H,6-8H2,1-5H3,(H,14,17)(H,15,18);2H,1H3;1H/t9-;;/m0../s1. The molecule has 0 aromatic heterocycles. The molecule has 144 valence electrons. The van der Waals surface area contributed by atoms with Crippen LogP contribution in [0, 0.1) is 0 Å². The highest BCUT2D eigenvalue weighted by atomic mass is 127. The lowest BCUT2D eigenvalue weighted by Crippen LogP contribution is -2.49. The van der Waals surface area contributed by atoms with Crippen molar-refractivity contribution in [3.8, 4) is 0 Å². The number of rotatable bonds is 7. The highest BCUT2D eigenvalue weighted by Gasteiger charge is 2.24. The number of methoxy groups -OCH3 is 1. The van der Waals surface area contributed by atoms with Gasteiger partial charge in [0.15, 0.2) is 0 Å². The molecule has 2 N–H and O–H groups in total. The average molecular weight is 496 g/mol. The van der Waals surface area contributed by atoms with Crippen LogP contribution < -0.4 is 10.6 Å². The van der Waals surface area contributed by atoms with Crippen LogP contribution in [0.4, 0.5) is 4.79 Å². The topological polar surface area (TPSA) is 93.7 Å². The lowest BCUT2D eigenvalue weighted by molar-refractivity contribution is -0.141. The van der Waals surface area contributed by atoms with E-state index in [1.165, 1.54) is 7.11 Å². The number of nitrogens with one attached hydrogen (secondary N) is 2. The van der Waals surface area contributed by atoms with Crippen molar-refractivity contribution in [2.24, 2.45) is 0 Å². The van der Waals surface area contributed by atoms with Crippen LogP contribution in [0.1, 0.15) is 27.2 Å². The quantitative estimate of drug-likeness (QED) is 0.284. The molecule has 7 nitrogen and oxygen atoms in total. The molecule has 0 rings (SSSR count). The second kappa shape index (κ2) is 16.1. The van der Waals surface area contributed by atoms with E-state index in [1.807, 2.05) is 6.26 Å². The van der Waals surface area contributed by atoms with Crippen molar-refractivity contribution in [3.63, 3.8) is 0 Å². The molecular weight excluding hydrogens is 467 g/mol. The van der Waals surface area contributed by atoms with Crippen molar-refractivity contribution in [2.45, 2.75) is 38.8 Å². The number of alkyl carbamates (subject to hydrolysis) is 1. The van der Waals surface area contributed by atoms with E-state index in [2.05, 4.69) is 28.0 Å². The maximum atomic E-state index is 12.0. The number of thiol groups is 1. The third kappa shape index (κ3) is 16.5. The molecular formula is C14H29IN2O5S2. The molecule has 0 fully saturated rings. The molecule has 10 heteroatoms. The van der Waals surface area contributed by atoms with Gasteiger partial charge in [-0.3, -0.25) is 9.59 Å². The minimum Gasteiger partial charge on any atom is -0.468 e. The van der Waals surface area contributed by atoms with Crippen LogP contribution in [0.25, 0.3) is 0 Å². The molecule has 0 bridgehead atoms. The summed E-state index contributed by atoms with van der Waals surface area (Å²) >= 11 is 5.08. The molecule has 0 aromatic rings. The first kappa shape index (κ1) is 28.4. The van der Waals surface area contributed by atoms with Gasteiger partial charge in [-0.05, 0) is 45.5 Å². The highest BCUT2D eigenvalue weighted by molar-refractivity contribution is 14.0. The monoisotopic (exact) mass is 496 g/mol. The summed E-state index contributed by atoms with van der Waals surface area (Å²) in [6.45, 7) is 4.98. The number of hydrogen-bond donors (Lipinski definition) is 3. The molecule has 1 atom stereocenters. The van der Waals surface area contributed by atoms with Gasteiger partial charge in [-0.15, -0.1) is 24.0 Å². The molecule has 0 heterocycles. The van der Waals surface area contributed by atoms with Crippen molar-refractivity contribution in [3.05, 3.63) is 0 Å². The van der Waals surface area contributed by atoms with E-state index in [0.29, 0.717) is 12.2 Å². The van der Waals surface area contributed by atoms with E-state index >= 15 is 0 Å². The molecule has 0 unspecified atom stereocenters. The van der Waals surface area contributed by atoms with Gasteiger partial charge in [-0.25, -0.2) is 4.79 Å². The molecule has 0 saturated carbocycles. The Bertz CT molecular complexity index is 379. The Balaban J connectivity index is -0.00000141. The van der Waals surface area contributed by atoms with Crippen LogP contribution in [0.3, 0.4) is 0 Å². The van der Waals surface area contributed by atoms with Gasteiger partial charge in [0.1, 0.15) is 18.2 Å². The zero-order valence-electron chi connectivity index (χ0n) is 15.0. The second-order valence-electron chi connectivity index (χ2n) is 5.27. The molecule has 0 saturated heterocycles. The van der Waals surface area contributed by atoms with E-state index < -0.39 is 29.6 Å². The van der Waals surface area contributed by atoms with Crippen LogP contribution in [0.5, 0.6) is 0 Å². The zero-order chi connectivity index (χ0) is 18.5. The highest BCUT2D eigenvalue weighted by Crippen LogP contribution is 2.08. The molecule has 0 aliphatic carbocycles. The van der Waals surface area contributed by atoms with Gasteiger partial charge in [0.25, 0.3) is 0 Å². The number of carbonyl (C=O) groups excluding carboxylic acids is 3. The number of ether oxygens (including phenoxy) is 2. The van der Waals surface area contributed by atoms with Crippen molar-refractivity contribution in [1.29, 1.82) is 0 Å². The number of esters is 1. The van der Waals surface area contributed by atoms with Crippen molar-refractivity contribution >= 4 is 66.3 Å². The van der Waals surface area contributed by atoms with Crippen LogP contribution in [-0.4, -0.2) is 61.5 Å². The largest absolute Gasteiger partial charge is 0.468 e. The molecule has 24 heavy (non-hydrogen) atoms. The third-order valence-electron chi connectivity index (χ3n) is 2.25. The first-order valence-electron chi connectivity index (χ1n) is 6.97. The van der Waals surface area contributed by atoms with Gasteiger partial charge >= 0.3 is 12.1 Å². The number of thioether (sulfide) groups is 1. The summed E-state index contributed by atoms with van der Waals surface area (Å²) < 4.78 is 9.56. The van der Waals surface area contributed by atoms with E-state index in [4.69, 9.17) is 4.74 Å². The average Bonchev–Trinajstić information content (AvgIpc) is 2.48. The lowest BCUT2D eigenvalue weighted by Gasteiger charge is -2.23. The minimum atomic E-state index is -0.753. The summed E-state index contributed by atoms with van der Waals surface area (Å²) in [5.41, 5.74) is -0.642. The van der Waals surface area contributed by atoms with E-state index in [9.17, 15) is 14.4 Å². The fourth-order valence-corrected chi connectivity index (χ4v) is 1.78. The maximum Gasteiger partial charge on any atom is 0.408 e. The molecule has 0 aliphatic heterocycles. The predicted octanol–water partition coefficient (Wildman–Crippen LogP) is 2.09. The Morgan fingerprint density at radius 3 is 2.17 bits per heavy atom. The second-order valence-corrected chi connectivity index (χ2v) is 6.26. The summed E-state index contributed by atoms with van der Waals surface area (Å²) in [5.74, 6) is -0.309. The number of halogens is 1. The summed E-state index contributed by atoms with van der Waals surface area (Å²) in [6.07, 6.45) is 3.37. The first-order chi connectivity index (χ1) is 10.7. The van der Waals surface area contributed by atoms with Crippen molar-refractivity contribution in [1.82, 2.24) is 10.6 Å². The van der Waals surface area contributed by atoms with Crippen LogP contribution in [0.15, 0.2) is 0 Å². The summed E-state index contributed by atoms with van der Waals surface area (Å²) in [6, 6.07) is -0.753. The summed E-state index contributed by atoms with van der Waals surface area (Å²) in [5, 5.41) is 4.93. The van der Waals surface area contributed by atoms with Crippen LogP contribution in [-0.2, 0) is 19.1 Å². The molecule has 0 aliphatic rings. The lowest BCUT2D eigenvalue weighted by atomic mass is 10.2. The van der Waals surface area contributed by atoms with Gasteiger partial charge in [0.05, 0.1) is 7.11 Å². The first-order valence-corrected chi connectivity index (χ1v) is 9.26. The number of hydrogen-bond acceptors (Lipinski definition) is 7. The van der Waals surface area contributed by atoms with Crippen LogP contribution in [0.2, 0.25) is 0 Å². The van der Waals surface area contributed by atoms with Crippen molar-refractivity contribution < 1.29 is 23.9 Å². The zero-order valence-corrected chi connectivity index (χ0v) is 19.0. The Hall–Kier alpha value is -0.360. The summed E-state index contributed by atoms with van der Waals surface area (Å²) in [4.78, 5) is 34.7. The number of carbonyl (C=O) groups is 3. The molecule has 0 aromatic carbocycles. The van der Waals surface area contributed by atoms with Crippen molar-refractivity contribution in [2.75, 3.05) is 31.9 Å². The van der Waals surface area contributed by atoms with Gasteiger partial charge in [0.2, 0.25) is 5.91 Å². The smallest absolute Gasteiger partial charge is 0.408 e. The third-order valence-corrected chi connectivity index (χ3v) is 2.90. The fraction of sp³-hybridized carbons (Fsp3) is 0.786. The fourth-order valence-electron chi connectivity index (χ4n) is 1.31. The predicted molar refractivity (Wildman–Crippen MR) is 112 cm³/mol. The number of amides is 2. The molecule has 2 amide bonds. The SMILES string of the molecule is COC(=O)CNC(=O)[C@H](CCSC)NC(=O)OC(C)(C)C.CS.I. The van der Waals surface area contributed by atoms with E-state index in [0.717, 1.165) is 0 Å². The van der Waals surface area contributed by atoms with Crippen LogP contribution >= 0.6 is 48.4 Å². The van der Waals surface area contributed by atoms with E-state index in [-0.39, 0.29) is 30.5 Å². The van der Waals surface area contributed by atoms with Gasteiger partial charge in [-0.1, -0.05) is 0 Å². The molecule has 0 spiro atoms. The Labute approximate surface area is 171 Å². The van der Waals surface area contributed by atoms with Gasteiger partial charge < -0.3 is 20.1 Å². The van der Waals surface area contributed by atoms with Gasteiger partial charge in [-0.2, -0.15) is 24.4 Å². The minimum absolute atomic E-state index is 0. The summed E-state index contributed by atoms with van der Waals surface area (Å²) in [7, 11) is 1.23. The van der Waals surface area contributed by atoms with Gasteiger partial charge in [0, 0.05) is 0 Å². The maximum absolute atomic E-state index is 12.0.